The average Bonchev–Trinajstić information content (AvgIpc) is 2.56. The molecule has 0 aliphatic rings. The van der Waals surface area contributed by atoms with Gasteiger partial charge in [0, 0.05) is 23.1 Å². The van der Waals surface area contributed by atoms with E-state index in [0.717, 1.165) is 16.9 Å². The van der Waals surface area contributed by atoms with E-state index in [4.69, 9.17) is 0 Å². The fourth-order valence-electron chi connectivity index (χ4n) is 2.30. The molecule has 0 saturated heterocycles. The lowest BCUT2D eigenvalue weighted by atomic mass is 10.2. The first-order chi connectivity index (χ1) is 10.3. The van der Waals surface area contributed by atoms with E-state index >= 15 is 0 Å². The molecule has 3 aromatic rings. The molecule has 1 heterocycles. The van der Waals surface area contributed by atoms with E-state index in [1.807, 2.05) is 72.8 Å². The zero-order chi connectivity index (χ0) is 14.5. The predicted octanol–water partition coefficient (Wildman–Crippen LogP) is 3.71. The molecule has 0 saturated carbocycles. The van der Waals surface area contributed by atoms with Crippen LogP contribution in [0.25, 0.3) is 0 Å². The summed E-state index contributed by atoms with van der Waals surface area (Å²) in [7, 11) is 0. The molecule has 2 aromatic carbocycles. The van der Waals surface area contributed by atoms with E-state index in [-0.39, 0.29) is 5.56 Å². The highest BCUT2D eigenvalue weighted by Crippen LogP contribution is 2.26. The highest BCUT2D eigenvalue weighted by Gasteiger charge is 2.11. The number of aromatic nitrogens is 1. The minimum atomic E-state index is -0.0469. The highest BCUT2D eigenvalue weighted by molar-refractivity contribution is 5.63. The minimum absolute atomic E-state index is 0.0469. The third kappa shape index (κ3) is 3.03. The Kier molecular flexibility index (Phi) is 3.83. The molecule has 1 N–H and O–H groups in total. The van der Waals surface area contributed by atoms with E-state index in [1.165, 1.54) is 0 Å². The Balaban J connectivity index is 2.01. The highest BCUT2D eigenvalue weighted by atomic mass is 16.1. The molecular weight excluding hydrogens is 260 g/mol. The first-order valence-electron chi connectivity index (χ1n) is 6.89. The molecule has 0 aliphatic carbocycles. The van der Waals surface area contributed by atoms with Crippen molar-refractivity contribution in [3.05, 3.63) is 94.9 Å². The Morgan fingerprint density at radius 3 is 1.86 bits per heavy atom. The van der Waals surface area contributed by atoms with Crippen molar-refractivity contribution in [1.29, 1.82) is 0 Å². The molecule has 1 aromatic heterocycles. The van der Waals surface area contributed by atoms with Gasteiger partial charge in [-0.05, 0) is 30.3 Å². The van der Waals surface area contributed by atoms with Crippen molar-refractivity contribution in [2.24, 2.45) is 0 Å². The van der Waals surface area contributed by atoms with Gasteiger partial charge in [-0.15, -0.1) is 0 Å². The number of H-pyrrole nitrogens is 1. The molecule has 104 valence electrons. The number of nitrogens with zero attached hydrogens (tertiary/aromatic N) is 1. The van der Waals surface area contributed by atoms with Gasteiger partial charge in [-0.25, -0.2) is 0 Å². The summed E-state index contributed by atoms with van der Waals surface area (Å²) in [4.78, 5) is 16.8. The van der Waals surface area contributed by atoms with Gasteiger partial charge in [0.2, 0.25) is 0 Å². The number of benzene rings is 2. The molecule has 3 nitrogen and oxygen atoms in total. The van der Waals surface area contributed by atoms with Crippen molar-refractivity contribution in [1.82, 2.24) is 4.98 Å². The van der Waals surface area contributed by atoms with Crippen molar-refractivity contribution in [2.75, 3.05) is 4.90 Å². The third-order valence-corrected chi connectivity index (χ3v) is 3.36. The number of rotatable bonds is 4. The van der Waals surface area contributed by atoms with E-state index < -0.39 is 0 Å². The number of hydrogen-bond acceptors (Lipinski definition) is 2. The second-order valence-corrected chi connectivity index (χ2v) is 4.78. The Morgan fingerprint density at radius 1 is 0.762 bits per heavy atom. The Bertz CT molecular complexity index is 711. The van der Waals surface area contributed by atoms with Crippen LogP contribution >= 0.6 is 0 Å². The van der Waals surface area contributed by atoms with E-state index in [9.17, 15) is 4.79 Å². The zero-order valence-corrected chi connectivity index (χ0v) is 11.6. The summed E-state index contributed by atoms with van der Waals surface area (Å²) in [6.07, 6.45) is 1.65. The average molecular weight is 276 g/mol. The van der Waals surface area contributed by atoms with Crippen LogP contribution in [0.5, 0.6) is 0 Å². The minimum Gasteiger partial charge on any atom is -0.337 e. The van der Waals surface area contributed by atoms with Gasteiger partial charge in [0.1, 0.15) is 0 Å². The van der Waals surface area contributed by atoms with Crippen LogP contribution in [0.3, 0.4) is 0 Å². The summed E-state index contributed by atoms with van der Waals surface area (Å²) in [6.45, 7) is 0.532. The summed E-state index contributed by atoms with van der Waals surface area (Å²) in [5.74, 6) is 0. The van der Waals surface area contributed by atoms with E-state index in [0.29, 0.717) is 6.54 Å². The summed E-state index contributed by atoms with van der Waals surface area (Å²) in [5, 5.41) is 0. The lowest BCUT2D eigenvalue weighted by Gasteiger charge is -2.24. The van der Waals surface area contributed by atoms with Gasteiger partial charge in [0.05, 0.1) is 6.54 Å². The topological polar surface area (TPSA) is 36.1 Å². The molecule has 0 radical (unpaired) electrons. The number of nitrogens with one attached hydrogen (secondary N) is 1. The van der Waals surface area contributed by atoms with Crippen molar-refractivity contribution in [3.8, 4) is 0 Å². The van der Waals surface area contributed by atoms with Gasteiger partial charge in [-0.3, -0.25) is 4.79 Å². The van der Waals surface area contributed by atoms with Gasteiger partial charge >= 0.3 is 0 Å². The first-order valence-corrected chi connectivity index (χ1v) is 6.89. The number of para-hydroxylation sites is 2. The zero-order valence-electron chi connectivity index (χ0n) is 11.6. The van der Waals surface area contributed by atoms with Crippen LogP contribution in [-0.2, 0) is 6.54 Å². The lowest BCUT2D eigenvalue weighted by Crippen LogP contribution is -2.22. The standard InChI is InChI=1S/C18H16N2O/c21-18-15(8-7-13-19-18)14-20(16-9-3-1-4-10-16)17-11-5-2-6-12-17/h1-13H,14H2,(H,19,21). The second kappa shape index (κ2) is 6.09. The Hall–Kier alpha value is -2.81. The monoisotopic (exact) mass is 276 g/mol. The van der Waals surface area contributed by atoms with Gasteiger partial charge in [-0.1, -0.05) is 42.5 Å². The van der Waals surface area contributed by atoms with Crippen molar-refractivity contribution in [3.63, 3.8) is 0 Å². The largest absolute Gasteiger partial charge is 0.337 e. The maximum atomic E-state index is 11.9. The van der Waals surface area contributed by atoms with Crippen LogP contribution in [0.4, 0.5) is 11.4 Å². The van der Waals surface area contributed by atoms with Crippen LogP contribution in [0.2, 0.25) is 0 Å². The summed E-state index contributed by atoms with van der Waals surface area (Å²) < 4.78 is 0. The number of hydrogen-bond donors (Lipinski definition) is 1. The molecular formula is C18H16N2O. The molecule has 0 fully saturated rings. The number of anilines is 2. The van der Waals surface area contributed by atoms with Crippen LogP contribution in [-0.4, -0.2) is 4.98 Å². The van der Waals surface area contributed by atoms with Crippen LogP contribution in [0.1, 0.15) is 5.56 Å². The molecule has 0 unspecified atom stereocenters. The molecule has 3 heteroatoms. The fraction of sp³-hybridized carbons (Fsp3) is 0.0556. The number of pyridine rings is 1. The lowest BCUT2D eigenvalue weighted by molar-refractivity contribution is 0.947. The first kappa shape index (κ1) is 13.2. The van der Waals surface area contributed by atoms with Gasteiger partial charge in [0.15, 0.2) is 0 Å². The molecule has 21 heavy (non-hydrogen) atoms. The van der Waals surface area contributed by atoms with Gasteiger partial charge in [0.25, 0.3) is 5.56 Å². The SMILES string of the molecule is O=c1[nH]cccc1CN(c1ccccc1)c1ccccc1. The maximum absolute atomic E-state index is 11.9. The normalized spacial score (nSPS) is 10.3. The third-order valence-electron chi connectivity index (χ3n) is 3.36. The molecule has 0 spiro atoms. The van der Waals surface area contributed by atoms with Crippen LogP contribution in [0.15, 0.2) is 83.8 Å². The summed E-state index contributed by atoms with van der Waals surface area (Å²) in [6, 6.07) is 23.9. The van der Waals surface area contributed by atoms with Crippen molar-refractivity contribution in [2.45, 2.75) is 6.54 Å². The molecule has 0 aliphatic heterocycles. The fourth-order valence-corrected chi connectivity index (χ4v) is 2.30. The van der Waals surface area contributed by atoms with E-state index in [2.05, 4.69) is 9.88 Å². The quantitative estimate of drug-likeness (QED) is 0.788. The Labute approximate surface area is 123 Å². The molecule has 3 rings (SSSR count). The maximum Gasteiger partial charge on any atom is 0.252 e. The van der Waals surface area contributed by atoms with Crippen LogP contribution in [0, 0.1) is 0 Å². The van der Waals surface area contributed by atoms with Crippen molar-refractivity contribution < 1.29 is 0 Å². The number of aromatic amines is 1. The summed E-state index contributed by atoms with van der Waals surface area (Å²) >= 11 is 0. The van der Waals surface area contributed by atoms with Crippen molar-refractivity contribution >= 4 is 11.4 Å². The van der Waals surface area contributed by atoms with E-state index in [1.54, 1.807) is 6.20 Å². The Morgan fingerprint density at radius 2 is 1.33 bits per heavy atom. The molecule has 0 amide bonds. The summed E-state index contributed by atoms with van der Waals surface area (Å²) in [5.41, 5.74) is 2.82. The van der Waals surface area contributed by atoms with Gasteiger partial charge in [-0.2, -0.15) is 0 Å². The molecule has 0 bridgehead atoms. The van der Waals surface area contributed by atoms with Crippen LogP contribution < -0.4 is 10.5 Å². The predicted molar refractivity (Wildman–Crippen MR) is 85.8 cm³/mol. The smallest absolute Gasteiger partial charge is 0.252 e. The van der Waals surface area contributed by atoms with Gasteiger partial charge < -0.3 is 9.88 Å². The molecule has 0 atom stereocenters. The second-order valence-electron chi connectivity index (χ2n) is 4.78.